The first kappa shape index (κ1) is 31.0. The smallest absolute Gasteiger partial charge is 0.187 e. The van der Waals surface area contributed by atoms with Crippen LogP contribution in [0.1, 0.15) is 47.0 Å². The van der Waals surface area contributed by atoms with Gasteiger partial charge in [0.15, 0.2) is 18.4 Å². The van der Waals surface area contributed by atoms with Gasteiger partial charge in [-0.25, -0.2) is 0 Å². The number of allylic oxidation sites excluding steroid dienone is 2. The number of aliphatic carboxylic acids is 1. The maximum absolute atomic E-state index is 12.0. The summed E-state index contributed by atoms with van der Waals surface area (Å²) in [6.07, 6.45) is -14.6. The van der Waals surface area contributed by atoms with Crippen molar-refractivity contribution < 1.29 is 64.3 Å². The molecule has 0 bridgehead atoms. The van der Waals surface area contributed by atoms with Gasteiger partial charge in [-0.1, -0.05) is 19.4 Å². The number of carboxylic acid groups (broad SMARTS) is 1. The lowest BCUT2D eigenvalue weighted by Gasteiger charge is -2.46. The van der Waals surface area contributed by atoms with Crippen LogP contribution >= 0.6 is 0 Å². The van der Waals surface area contributed by atoms with Crippen LogP contribution in [-0.4, -0.2) is 117 Å². The van der Waals surface area contributed by atoms with E-state index in [9.17, 15) is 45.3 Å². The highest BCUT2D eigenvalue weighted by Gasteiger charge is 2.51. The molecule has 3 aliphatic rings. The van der Waals surface area contributed by atoms with E-state index in [1.807, 2.05) is 20.8 Å². The Morgan fingerprint density at radius 3 is 2.32 bits per heavy atom. The second-order valence-electron chi connectivity index (χ2n) is 11.1. The van der Waals surface area contributed by atoms with Crippen LogP contribution in [0.15, 0.2) is 11.6 Å². The lowest BCUT2D eigenvalue weighted by atomic mass is 9.66. The third kappa shape index (κ3) is 6.61. The Kier molecular flexibility index (Phi) is 10.1. The zero-order chi connectivity index (χ0) is 28.5. The summed E-state index contributed by atoms with van der Waals surface area (Å²) >= 11 is 0. The monoisotopic (exact) mass is 547 g/mol. The average Bonchev–Trinajstić information content (AvgIpc) is 2.81. The van der Waals surface area contributed by atoms with E-state index >= 15 is 0 Å². The van der Waals surface area contributed by atoms with E-state index in [0.29, 0.717) is 19.3 Å². The van der Waals surface area contributed by atoms with Gasteiger partial charge in [0.25, 0.3) is 0 Å². The fourth-order valence-corrected chi connectivity index (χ4v) is 5.53. The fourth-order valence-electron chi connectivity index (χ4n) is 5.53. The number of ketones is 1. The van der Waals surface area contributed by atoms with Crippen molar-refractivity contribution in [3.8, 4) is 0 Å². The third-order valence-electron chi connectivity index (χ3n) is 7.66. The minimum absolute atomic E-state index is 0.0805. The van der Waals surface area contributed by atoms with E-state index in [2.05, 4.69) is 0 Å². The van der Waals surface area contributed by atoms with Crippen LogP contribution in [0.3, 0.4) is 0 Å². The highest BCUT2D eigenvalue weighted by molar-refractivity contribution is 5.91. The highest BCUT2D eigenvalue weighted by Crippen LogP contribution is 2.42. The molecule has 0 aromatic rings. The Morgan fingerprint density at radius 1 is 1.08 bits per heavy atom. The van der Waals surface area contributed by atoms with E-state index in [0.717, 1.165) is 5.57 Å². The zero-order valence-electron chi connectivity index (χ0n) is 21.9. The molecule has 13 nitrogen and oxygen atoms in total. The van der Waals surface area contributed by atoms with E-state index < -0.39 is 80.1 Å². The molecule has 218 valence electrons. The van der Waals surface area contributed by atoms with Gasteiger partial charge in [0.2, 0.25) is 0 Å². The molecule has 2 saturated heterocycles. The van der Waals surface area contributed by atoms with Gasteiger partial charge in [0.1, 0.15) is 48.8 Å². The van der Waals surface area contributed by atoms with Crippen molar-refractivity contribution in [3.05, 3.63) is 11.6 Å². The second-order valence-corrected chi connectivity index (χ2v) is 11.1. The van der Waals surface area contributed by atoms with Gasteiger partial charge < -0.3 is 59.5 Å². The molecule has 13 heteroatoms. The summed E-state index contributed by atoms with van der Waals surface area (Å²) in [7, 11) is 0. The second kappa shape index (κ2) is 12.3. The lowest BCUT2D eigenvalue weighted by Crippen LogP contribution is -2.66. The molecule has 12 atom stereocenters. The van der Waals surface area contributed by atoms with E-state index in [1.54, 1.807) is 13.0 Å². The number of hydrogen-bond acceptors (Lipinski definition) is 13. The van der Waals surface area contributed by atoms with Crippen LogP contribution in [-0.2, 0) is 28.5 Å². The zero-order valence-corrected chi connectivity index (χ0v) is 21.9. The summed E-state index contributed by atoms with van der Waals surface area (Å²) < 4.78 is 22.2. The van der Waals surface area contributed by atoms with Crippen molar-refractivity contribution in [2.75, 3.05) is 6.61 Å². The molecule has 3 rings (SSSR count). The predicted octanol–water partition coefficient (Wildman–Crippen LogP) is -2.89. The Hall–Kier alpha value is -1.52. The normalized spacial score (nSPS) is 42.4. The topological polar surface area (TPSA) is 216 Å². The van der Waals surface area contributed by atoms with Crippen LogP contribution in [0.2, 0.25) is 0 Å². The molecule has 1 aliphatic carbocycles. The fraction of sp³-hybridized carbons (Fsp3) is 0.840. The summed E-state index contributed by atoms with van der Waals surface area (Å²) in [5.41, 5.74) is 0.722. The van der Waals surface area contributed by atoms with Crippen LogP contribution in [0.25, 0.3) is 0 Å². The summed E-state index contributed by atoms with van der Waals surface area (Å²) in [5.74, 6) is -1.67. The summed E-state index contributed by atoms with van der Waals surface area (Å²) in [6, 6.07) is 0. The van der Waals surface area contributed by atoms with Gasteiger partial charge in [-0.2, -0.15) is 0 Å². The molecule has 0 aromatic heterocycles. The van der Waals surface area contributed by atoms with Crippen molar-refractivity contribution in [1.29, 1.82) is 0 Å². The molecule has 0 saturated carbocycles. The number of aliphatic hydroxyl groups is 6. The number of rotatable bonds is 9. The van der Waals surface area contributed by atoms with Gasteiger partial charge in [0, 0.05) is 6.42 Å². The summed E-state index contributed by atoms with van der Waals surface area (Å²) in [4.78, 5) is 23.3. The SMILES string of the molecule is CC1=CC(=O)CC(C)(C)[C@H]1CC[C@@H](C)OC1O[C@H](CO)[C@@H](O)[C@H](O)[C@H]1OC1O[C@H](C(=O)[O-])[C@@H](O)[C@H](O)[C@H]1O. The Labute approximate surface area is 220 Å². The molecule has 6 N–H and O–H groups in total. The lowest BCUT2D eigenvalue weighted by molar-refractivity contribution is -0.380. The molecule has 2 aliphatic heterocycles. The molecule has 38 heavy (non-hydrogen) atoms. The molecule has 2 unspecified atom stereocenters. The minimum Gasteiger partial charge on any atom is -0.547 e. The van der Waals surface area contributed by atoms with E-state index in [1.165, 1.54) is 0 Å². The highest BCUT2D eigenvalue weighted by atomic mass is 16.8. The summed E-state index contributed by atoms with van der Waals surface area (Å²) in [6.45, 7) is 7.04. The van der Waals surface area contributed by atoms with Gasteiger partial charge in [-0.3, -0.25) is 4.79 Å². The standard InChI is InChI=1S/C25H40O13/c1-10-7-12(27)8-25(3,4)13(10)6-5-11(2)35-24-21(17(30)15(28)14(9-26)36-24)38-23-19(32)16(29)18(31)20(37-23)22(33)34/h7,11,13-21,23-24,26,28-32H,5-6,8-9H2,1-4H3,(H,33,34)/p-1/t11-,13+,14-,15-,16+,17+,18+,19-,20+,21-,23?,24?/m1/s1. The Balaban J connectivity index is 1.73. The first-order valence-corrected chi connectivity index (χ1v) is 12.7. The van der Waals surface area contributed by atoms with Gasteiger partial charge in [-0.15, -0.1) is 0 Å². The number of carbonyl (C=O) groups excluding carboxylic acids is 2. The van der Waals surface area contributed by atoms with Crippen molar-refractivity contribution >= 4 is 11.8 Å². The summed E-state index contributed by atoms with van der Waals surface area (Å²) in [5, 5.41) is 72.3. The number of carbonyl (C=O) groups is 2. The molecule has 0 amide bonds. The van der Waals surface area contributed by atoms with Gasteiger partial charge >= 0.3 is 0 Å². The molecular formula is C25H39O13-. The number of ether oxygens (including phenoxy) is 4. The van der Waals surface area contributed by atoms with E-state index in [4.69, 9.17) is 18.9 Å². The quantitative estimate of drug-likeness (QED) is 0.171. The van der Waals surface area contributed by atoms with Gasteiger partial charge in [0.05, 0.1) is 18.7 Å². The molecular weight excluding hydrogens is 508 g/mol. The van der Waals surface area contributed by atoms with Gasteiger partial charge in [-0.05, 0) is 44.1 Å². The number of hydrogen-bond donors (Lipinski definition) is 6. The first-order valence-electron chi connectivity index (χ1n) is 12.7. The number of aliphatic hydroxyl groups excluding tert-OH is 6. The molecule has 0 spiro atoms. The maximum atomic E-state index is 12.0. The molecule has 0 radical (unpaired) electrons. The van der Waals surface area contributed by atoms with Crippen LogP contribution in [0, 0.1) is 11.3 Å². The molecule has 0 aromatic carbocycles. The maximum Gasteiger partial charge on any atom is 0.187 e. The molecule has 2 heterocycles. The first-order chi connectivity index (χ1) is 17.7. The van der Waals surface area contributed by atoms with Crippen molar-refractivity contribution in [1.82, 2.24) is 0 Å². The Morgan fingerprint density at radius 2 is 1.74 bits per heavy atom. The molecule has 2 fully saturated rings. The van der Waals surface area contributed by atoms with Crippen LogP contribution in [0.4, 0.5) is 0 Å². The minimum atomic E-state index is -2.05. The third-order valence-corrected chi connectivity index (χ3v) is 7.66. The average molecular weight is 548 g/mol. The van der Waals surface area contributed by atoms with Crippen LogP contribution in [0.5, 0.6) is 0 Å². The van der Waals surface area contributed by atoms with Crippen molar-refractivity contribution in [2.24, 2.45) is 11.3 Å². The van der Waals surface area contributed by atoms with Crippen LogP contribution < -0.4 is 5.11 Å². The largest absolute Gasteiger partial charge is 0.547 e. The predicted molar refractivity (Wildman–Crippen MR) is 125 cm³/mol. The van der Waals surface area contributed by atoms with Crippen molar-refractivity contribution in [3.63, 3.8) is 0 Å². The number of carboxylic acids is 1. The van der Waals surface area contributed by atoms with E-state index in [-0.39, 0.29) is 17.1 Å². The Bertz CT molecular complexity index is 875. The van der Waals surface area contributed by atoms with Crippen molar-refractivity contribution in [2.45, 2.75) is 114 Å².